The fourth-order valence-corrected chi connectivity index (χ4v) is 3.69. The van der Waals surface area contributed by atoms with Gasteiger partial charge in [0.25, 0.3) is 0 Å². The van der Waals surface area contributed by atoms with Crippen LogP contribution in [-0.2, 0) is 9.53 Å². The van der Waals surface area contributed by atoms with E-state index in [2.05, 4.69) is 0 Å². The molecule has 98 valence electrons. The van der Waals surface area contributed by atoms with Crippen LogP contribution < -0.4 is 0 Å². The van der Waals surface area contributed by atoms with Crippen molar-refractivity contribution < 1.29 is 9.53 Å². The van der Waals surface area contributed by atoms with E-state index in [4.69, 9.17) is 4.74 Å². The van der Waals surface area contributed by atoms with Crippen molar-refractivity contribution in [1.82, 2.24) is 0 Å². The highest BCUT2D eigenvalue weighted by Gasteiger charge is 2.28. The molecule has 17 heavy (non-hydrogen) atoms. The van der Waals surface area contributed by atoms with Gasteiger partial charge >= 0.3 is 5.97 Å². The maximum absolute atomic E-state index is 10.9. The number of esters is 1. The van der Waals surface area contributed by atoms with E-state index >= 15 is 0 Å². The molecule has 2 aliphatic carbocycles. The molecule has 2 nitrogen and oxygen atoms in total. The van der Waals surface area contributed by atoms with Crippen molar-refractivity contribution in [3.63, 3.8) is 0 Å². The maximum atomic E-state index is 10.9. The lowest BCUT2D eigenvalue weighted by molar-refractivity contribution is -0.148. The topological polar surface area (TPSA) is 26.3 Å². The van der Waals surface area contributed by atoms with Crippen LogP contribution >= 0.6 is 0 Å². The second-order valence-electron chi connectivity index (χ2n) is 5.90. The number of hydrogen-bond donors (Lipinski definition) is 0. The highest BCUT2D eigenvalue weighted by Crippen LogP contribution is 2.38. The molecule has 0 saturated heterocycles. The minimum absolute atomic E-state index is 0.108. The highest BCUT2D eigenvalue weighted by atomic mass is 16.5. The minimum Gasteiger partial charge on any atom is -0.463 e. The van der Waals surface area contributed by atoms with E-state index in [-0.39, 0.29) is 12.1 Å². The van der Waals surface area contributed by atoms with E-state index in [0.717, 1.165) is 24.7 Å². The summed E-state index contributed by atoms with van der Waals surface area (Å²) in [4.78, 5) is 10.9. The molecule has 2 heteroatoms. The molecule has 0 unspecified atom stereocenters. The van der Waals surface area contributed by atoms with E-state index in [1.54, 1.807) is 0 Å². The van der Waals surface area contributed by atoms with Crippen LogP contribution in [0.1, 0.15) is 71.1 Å². The van der Waals surface area contributed by atoms with Gasteiger partial charge in [0.05, 0.1) is 0 Å². The molecule has 0 aromatic heterocycles. The number of carbonyl (C=O) groups excluding carboxylic acids is 1. The first-order chi connectivity index (χ1) is 8.25. The van der Waals surface area contributed by atoms with E-state index < -0.39 is 0 Å². The summed E-state index contributed by atoms with van der Waals surface area (Å²) in [6, 6.07) is 0. The van der Waals surface area contributed by atoms with Gasteiger partial charge in [-0.15, -0.1) is 0 Å². The molecule has 2 saturated carbocycles. The van der Waals surface area contributed by atoms with Crippen LogP contribution in [0.4, 0.5) is 0 Å². The van der Waals surface area contributed by atoms with Crippen LogP contribution in [0, 0.1) is 11.8 Å². The molecular weight excluding hydrogens is 212 g/mol. The smallest absolute Gasteiger partial charge is 0.302 e. The third kappa shape index (κ3) is 4.01. The second-order valence-corrected chi connectivity index (χ2v) is 5.90. The summed E-state index contributed by atoms with van der Waals surface area (Å²) in [6.45, 7) is 1.53. The molecule has 0 bridgehead atoms. The van der Waals surface area contributed by atoms with E-state index in [1.165, 1.54) is 58.3 Å². The Hall–Kier alpha value is -0.530. The summed E-state index contributed by atoms with van der Waals surface area (Å²) in [6.07, 6.45) is 13.6. The highest BCUT2D eigenvalue weighted by molar-refractivity contribution is 5.66. The van der Waals surface area contributed by atoms with Crippen LogP contribution in [0.25, 0.3) is 0 Å². The zero-order chi connectivity index (χ0) is 12.1. The Balaban J connectivity index is 1.75. The summed E-state index contributed by atoms with van der Waals surface area (Å²) in [5, 5.41) is 0. The third-order valence-electron chi connectivity index (χ3n) is 4.62. The van der Waals surface area contributed by atoms with Crippen molar-refractivity contribution in [1.29, 1.82) is 0 Å². The molecule has 2 rings (SSSR count). The first-order valence-corrected chi connectivity index (χ1v) is 7.43. The molecule has 0 radical (unpaired) electrons. The Morgan fingerprint density at radius 2 is 1.35 bits per heavy atom. The molecule has 0 aromatic rings. The van der Waals surface area contributed by atoms with E-state index in [1.807, 2.05) is 0 Å². The van der Waals surface area contributed by atoms with Crippen LogP contribution in [0.3, 0.4) is 0 Å². The fourth-order valence-electron chi connectivity index (χ4n) is 3.69. The molecular formula is C15H26O2. The quantitative estimate of drug-likeness (QED) is 0.535. The normalized spacial score (nSPS) is 31.8. The first-order valence-electron chi connectivity index (χ1n) is 7.43. The lowest BCUT2D eigenvalue weighted by Gasteiger charge is -2.33. The first kappa shape index (κ1) is 12.9. The summed E-state index contributed by atoms with van der Waals surface area (Å²) in [5.74, 6) is 1.78. The van der Waals surface area contributed by atoms with Crippen LogP contribution in [-0.4, -0.2) is 12.1 Å². The van der Waals surface area contributed by atoms with Crippen LogP contribution in [0.2, 0.25) is 0 Å². The largest absolute Gasteiger partial charge is 0.463 e. The van der Waals surface area contributed by atoms with E-state index in [9.17, 15) is 4.79 Å². The number of carbonyl (C=O) groups is 1. The Bertz CT molecular complexity index is 233. The Labute approximate surface area is 105 Å². The molecule has 0 amide bonds. The summed E-state index contributed by atoms with van der Waals surface area (Å²) in [5.41, 5.74) is 0. The summed E-state index contributed by atoms with van der Waals surface area (Å²) in [7, 11) is 0. The van der Waals surface area contributed by atoms with Gasteiger partial charge in [-0.1, -0.05) is 38.5 Å². The van der Waals surface area contributed by atoms with Gasteiger partial charge in [0.15, 0.2) is 0 Å². The van der Waals surface area contributed by atoms with Crippen molar-refractivity contribution in [2.75, 3.05) is 0 Å². The zero-order valence-electron chi connectivity index (χ0n) is 11.1. The molecule has 2 aliphatic rings. The Morgan fingerprint density at radius 3 is 1.88 bits per heavy atom. The number of rotatable bonds is 2. The average Bonchev–Trinajstić information content (AvgIpc) is 2.58. The number of hydrogen-bond acceptors (Lipinski definition) is 2. The van der Waals surface area contributed by atoms with Gasteiger partial charge in [-0.3, -0.25) is 4.79 Å². The van der Waals surface area contributed by atoms with Crippen molar-refractivity contribution in [2.24, 2.45) is 11.8 Å². The summed E-state index contributed by atoms with van der Waals surface area (Å²) < 4.78 is 5.31. The molecule has 0 heterocycles. The van der Waals surface area contributed by atoms with Gasteiger partial charge < -0.3 is 4.74 Å². The third-order valence-corrected chi connectivity index (χ3v) is 4.62. The van der Waals surface area contributed by atoms with Crippen molar-refractivity contribution in [3.05, 3.63) is 0 Å². The van der Waals surface area contributed by atoms with Crippen LogP contribution in [0.15, 0.2) is 0 Å². The van der Waals surface area contributed by atoms with Gasteiger partial charge in [0.2, 0.25) is 0 Å². The SMILES string of the molecule is CC(=O)OC1CCC(C2CCCCCC2)CC1. The fraction of sp³-hybridized carbons (Fsp3) is 0.933. The van der Waals surface area contributed by atoms with Gasteiger partial charge in [-0.25, -0.2) is 0 Å². The average molecular weight is 238 g/mol. The predicted molar refractivity (Wildman–Crippen MR) is 68.7 cm³/mol. The molecule has 0 aliphatic heterocycles. The summed E-state index contributed by atoms with van der Waals surface area (Å²) >= 11 is 0. The van der Waals surface area contributed by atoms with Gasteiger partial charge in [-0.05, 0) is 37.5 Å². The van der Waals surface area contributed by atoms with Crippen molar-refractivity contribution in [3.8, 4) is 0 Å². The van der Waals surface area contributed by atoms with Gasteiger partial charge in [-0.2, -0.15) is 0 Å². The molecule has 0 aromatic carbocycles. The zero-order valence-corrected chi connectivity index (χ0v) is 11.1. The lowest BCUT2D eigenvalue weighted by atomic mass is 9.76. The Kier molecular flexibility index (Phi) is 4.87. The van der Waals surface area contributed by atoms with E-state index in [0.29, 0.717) is 0 Å². The molecule has 0 atom stereocenters. The standard InChI is InChI=1S/C15H26O2/c1-12(16)17-15-10-8-14(9-11-15)13-6-4-2-3-5-7-13/h13-15H,2-11H2,1H3. The van der Waals surface area contributed by atoms with Crippen LogP contribution in [0.5, 0.6) is 0 Å². The van der Waals surface area contributed by atoms with Crippen molar-refractivity contribution >= 4 is 5.97 Å². The van der Waals surface area contributed by atoms with Crippen molar-refractivity contribution in [2.45, 2.75) is 77.2 Å². The Morgan fingerprint density at radius 1 is 0.824 bits per heavy atom. The van der Waals surface area contributed by atoms with Gasteiger partial charge in [0, 0.05) is 6.92 Å². The second kappa shape index (κ2) is 6.42. The minimum atomic E-state index is -0.108. The number of ether oxygens (including phenoxy) is 1. The predicted octanol–water partition coefficient (Wildman–Crippen LogP) is 4.08. The maximum Gasteiger partial charge on any atom is 0.302 e. The molecule has 0 N–H and O–H groups in total. The molecule has 2 fully saturated rings. The molecule has 0 spiro atoms. The monoisotopic (exact) mass is 238 g/mol. The van der Waals surface area contributed by atoms with Gasteiger partial charge in [0.1, 0.15) is 6.10 Å². The lowest BCUT2D eigenvalue weighted by Crippen LogP contribution is -2.27.